The summed E-state index contributed by atoms with van der Waals surface area (Å²) in [5.74, 6) is -2.20. The van der Waals surface area contributed by atoms with Crippen LogP contribution in [0.5, 0.6) is 0 Å². The van der Waals surface area contributed by atoms with Gasteiger partial charge in [0.1, 0.15) is 13.2 Å². The smallest absolute Gasteiger partial charge is 0.405 e. The van der Waals surface area contributed by atoms with Crippen LogP contribution in [0.25, 0.3) is 0 Å². The second-order valence-electron chi connectivity index (χ2n) is 2.12. The molecule has 0 aliphatic rings. The molecule has 0 unspecified atom stereocenters. The first kappa shape index (κ1) is 11.9. The van der Waals surface area contributed by atoms with E-state index in [0.717, 1.165) is 0 Å². The lowest BCUT2D eigenvalue weighted by Gasteiger charge is -1.98. The Morgan fingerprint density at radius 2 is 2.08 bits per heavy atom. The molecule has 3 N–H and O–H groups in total. The van der Waals surface area contributed by atoms with Crippen molar-refractivity contribution >= 4 is 19.0 Å². The second-order valence-corrected chi connectivity index (χ2v) is 2.12. The van der Waals surface area contributed by atoms with E-state index in [2.05, 4.69) is 10.1 Å². The summed E-state index contributed by atoms with van der Waals surface area (Å²) in [6.07, 6.45) is 0. The average Bonchev–Trinajstić information content (AvgIpc) is 2.02. The van der Waals surface area contributed by atoms with Gasteiger partial charge < -0.3 is 14.9 Å². The summed E-state index contributed by atoms with van der Waals surface area (Å²) in [6.45, 7) is 0.901. The van der Waals surface area contributed by atoms with Gasteiger partial charge in [-0.25, -0.2) is 0 Å². The molecule has 6 nitrogen and oxygen atoms in total. The fraction of sp³-hybridized carbons (Fsp3) is 0.667. The van der Waals surface area contributed by atoms with Crippen LogP contribution in [0, 0.1) is 0 Å². The van der Waals surface area contributed by atoms with Crippen molar-refractivity contribution < 1.29 is 29.9 Å². The molecule has 0 rings (SSSR count). The lowest BCUT2D eigenvalue weighted by Crippen LogP contribution is -2.86. The number of aliphatic hydroxyl groups excluding tert-OH is 1. The van der Waals surface area contributed by atoms with Crippen LogP contribution in [0.2, 0.25) is 0 Å². The lowest BCUT2D eigenvalue weighted by molar-refractivity contribution is -0.656. The summed E-state index contributed by atoms with van der Waals surface area (Å²) in [4.78, 5) is 20.5. The number of carboxylic acid groups (broad SMARTS) is 1. The van der Waals surface area contributed by atoms with Crippen LogP contribution in [-0.4, -0.2) is 55.5 Å². The molecule has 7 heteroatoms. The Bertz CT molecular complexity index is 174. The van der Waals surface area contributed by atoms with Gasteiger partial charge in [-0.3, -0.25) is 9.59 Å². The normalized spacial score (nSPS) is 9.31. The number of nitrogens with one attached hydrogen (secondary N) is 1. The van der Waals surface area contributed by atoms with E-state index in [1.165, 1.54) is 0 Å². The summed E-state index contributed by atoms with van der Waals surface area (Å²) >= 11 is 0. The monoisotopic (exact) mass is 188 g/mol. The van der Waals surface area contributed by atoms with Crippen molar-refractivity contribution in [2.24, 2.45) is 0 Å². The highest BCUT2D eigenvalue weighted by Gasteiger charge is 2.12. The number of rotatable bonds is 7. The molecule has 0 saturated heterocycles. The molecule has 0 atom stereocenters. The van der Waals surface area contributed by atoms with Gasteiger partial charge in [-0.05, 0) is 0 Å². The third-order valence-corrected chi connectivity index (χ3v) is 1.05. The molecule has 0 amide bonds. The molecular formula is C6H11BNO5+. The van der Waals surface area contributed by atoms with Crippen LogP contribution in [0.15, 0.2) is 0 Å². The van der Waals surface area contributed by atoms with Gasteiger partial charge in [-0.1, -0.05) is 0 Å². The van der Waals surface area contributed by atoms with Gasteiger partial charge in [-0.2, -0.15) is 5.32 Å². The lowest BCUT2D eigenvalue weighted by atomic mass is 9.80. The third kappa shape index (κ3) is 8.83. The van der Waals surface area contributed by atoms with E-state index in [1.54, 1.807) is 0 Å². The zero-order valence-electron chi connectivity index (χ0n) is 7.02. The Morgan fingerprint density at radius 3 is 2.62 bits per heavy atom. The van der Waals surface area contributed by atoms with E-state index >= 15 is 0 Å². The van der Waals surface area contributed by atoms with Gasteiger partial charge in [0, 0.05) is 0 Å². The number of carbonyl (C=O) groups excluding carboxylic acids is 1. The van der Waals surface area contributed by atoms with E-state index in [0.29, 0.717) is 20.4 Å². The first-order valence-corrected chi connectivity index (χ1v) is 3.73. The van der Waals surface area contributed by atoms with Crippen LogP contribution < -0.4 is 5.32 Å². The van der Waals surface area contributed by atoms with Crippen LogP contribution in [0.4, 0.5) is 9.59 Å². The van der Waals surface area contributed by atoms with E-state index in [-0.39, 0.29) is 13.2 Å². The Kier molecular flexibility index (Phi) is 6.94. The summed E-state index contributed by atoms with van der Waals surface area (Å²) in [6, 6.07) is 0. The molecule has 0 aromatic heterocycles. The molecule has 13 heavy (non-hydrogen) atoms. The van der Waals surface area contributed by atoms with Crippen molar-refractivity contribution in [1.82, 2.24) is 0 Å². The minimum atomic E-state index is -1.33. The summed E-state index contributed by atoms with van der Waals surface area (Å²) in [5, 5.41) is 19.2. The molecule has 2 radical (unpaired) electrons. The van der Waals surface area contributed by atoms with Crippen molar-refractivity contribution in [1.29, 1.82) is 0 Å². The molecular weight excluding hydrogens is 177 g/mol. The number of ether oxygens (including phenoxy) is 1. The average molecular weight is 188 g/mol. The number of carbonyl (C=O) groups is 2. The maximum absolute atomic E-state index is 10.6. The fourth-order valence-electron chi connectivity index (χ4n) is 0.570. The van der Waals surface area contributed by atoms with Gasteiger partial charge in [0.05, 0.1) is 6.61 Å². The zero-order chi connectivity index (χ0) is 10.1. The zero-order valence-corrected chi connectivity index (χ0v) is 7.02. The number of hydrogen-bond donors (Lipinski definition) is 3. The van der Waals surface area contributed by atoms with Gasteiger partial charge in [0.25, 0.3) is 11.7 Å². The van der Waals surface area contributed by atoms with Crippen LogP contribution in [-0.2, 0) is 4.74 Å². The highest BCUT2D eigenvalue weighted by atomic mass is 16.5. The molecule has 0 aliphatic heterocycles. The van der Waals surface area contributed by atoms with Crippen molar-refractivity contribution in [2.45, 2.75) is 0 Å². The second kappa shape index (κ2) is 7.57. The van der Waals surface area contributed by atoms with Crippen molar-refractivity contribution in [3.8, 4) is 0 Å². The largest absolute Gasteiger partial charge is 0.489 e. The predicted octanol–water partition coefficient (Wildman–Crippen LogP) is -2.15. The number of aliphatic hydroxyl groups is 1. The fourth-order valence-corrected chi connectivity index (χ4v) is 0.570. The molecule has 0 aromatic carbocycles. The first-order chi connectivity index (χ1) is 6.16. The molecule has 0 heterocycles. The SMILES string of the molecule is O=C(O)[B]C(=O)OCC[NH+]CCO. The van der Waals surface area contributed by atoms with E-state index in [1.807, 2.05) is 0 Å². The quantitative estimate of drug-likeness (QED) is 0.312. The minimum absolute atomic E-state index is 0.00912. The van der Waals surface area contributed by atoms with Gasteiger partial charge in [0.2, 0.25) is 0 Å². The maximum Gasteiger partial charge on any atom is 0.405 e. The topological polar surface area (TPSA) is 99.4 Å². The van der Waals surface area contributed by atoms with Crippen LogP contribution in [0.3, 0.4) is 0 Å². The minimum Gasteiger partial charge on any atom is -0.489 e. The summed E-state index contributed by atoms with van der Waals surface area (Å²) in [5.41, 5.74) is 0. The molecule has 0 spiro atoms. The molecule has 0 bridgehead atoms. The molecule has 0 saturated carbocycles. The van der Waals surface area contributed by atoms with Gasteiger partial charge in [-0.15, -0.1) is 0 Å². The molecule has 72 valence electrons. The van der Waals surface area contributed by atoms with E-state index in [4.69, 9.17) is 10.2 Å². The third-order valence-electron chi connectivity index (χ3n) is 1.05. The summed E-state index contributed by atoms with van der Waals surface area (Å²) in [7, 11) is 0.450. The van der Waals surface area contributed by atoms with Crippen molar-refractivity contribution in [3.05, 3.63) is 0 Å². The van der Waals surface area contributed by atoms with Crippen molar-refractivity contribution in [2.75, 3.05) is 26.3 Å². The Balaban J connectivity index is 3.22. The first-order valence-electron chi connectivity index (χ1n) is 3.73. The van der Waals surface area contributed by atoms with Crippen LogP contribution in [0.1, 0.15) is 0 Å². The maximum atomic E-state index is 10.6. The Morgan fingerprint density at radius 1 is 1.38 bits per heavy atom. The molecule has 0 aliphatic carbocycles. The highest BCUT2D eigenvalue weighted by Crippen LogP contribution is 1.78. The van der Waals surface area contributed by atoms with Crippen molar-refractivity contribution in [3.63, 3.8) is 0 Å². The molecule has 0 fully saturated rings. The predicted molar refractivity (Wildman–Crippen MR) is 42.9 cm³/mol. The van der Waals surface area contributed by atoms with Gasteiger partial charge in [0.15, 0.2) is 6.54 Å². The van der Waals surface area contributed by atoms with E-state index in [9.17, 15) is 9.59 Å². The van der Waals surface area contributed by atoms with Crippen LogP contribution >= 0.6 is 0 Å². The summed E-state index contributed by atoms with van der Waals surface area (Å²) < 4.78 is 4.48. The Hall–Kier alpha value is -1.08. The Labute approximate surface area is 76.1 Å². The van der Waals surface area contributed by atoms with Gasteiger partial charge >= 0.3 is 7.28 Å². The molecule has 0 aromatic rings. The highest BCUT2D eigenvalue weighted by molar-refractivity contribution is 6.94. The van der Waals surface area contributed by atoms with E-state index < -0.39 is 11.7 Å². The number of hydrogen-bond acceptors (Lipinski definition) is 5. The standard InChI is InChI=1S/C6H11BNO5/c9-3-1-8-2-4-13-6(12)7-5(10)11/h8-9H,1-4H2,(H,10,11)/q+1.